The number of aromatic nitrogens is 3. The van der Waals surface area contributed by atoms with Gasteiger partial charge in [0.1, 0.15) is 0 Å². The van der Waals surface area contributed by atoms with Gasteiger partial charge in [0.2, 0.25) is 0 Å². The molecular formula is C12H9BrF3N3O2. The number of rotatable bonds is 4. The summed E-state index contributed by atoms with van der Waals surface area (Å²) in [6.45, 7) is 0. The van der Waals surface area contributed by atoms with Gasteiger partial charge in [0, 0.05) is 10.9 Å². The number of hydrogen-bond acceptors (Lipinski definition) is 3. The minimum Gasteiger partial charge on any atom is -0.481 e. The SMILES string of the molecule is O=C(O)CCc1cn(-c2ccc(Br)c(C(F)(F)F)c2)nn1. The molecule has 0 aliphatic rings. The first-order valence-electron chi connectivity index (χ1n) is 5.77. The molecule has 112 valence electrons. The quantitative estimate of drug-likeness (QED) is 0.906. The van der Waals surface area contributed by atoms with E-state index in [-0.39, 0.29) is 23.0 Å². The molecule has 0 saturated carbocycles. The van der Waals surface area contributed by atoms with Gasteiger partial charge in [0.05, 0.1) is 29.6 Å². The maximum Gasteiger partial charge on any atom is 0.417 e. The summed E-state index contributed by atoms with van der Waals surface area (Å²) in [5.74, 6) is -0.979. The van der Waals surface area contributed by atoms with Crippen molar-refractivity contribution in [2.75, 3.05) is 0 Å². The van der Waals surface area contributed by atoms with Gasteiger partial charge in [-0.05, 0) is 18.2 Å². The average Bonchev–Trinajstić information content (AvgIpc) is 2.84. The summed E-state index contributed by atoms with van der Waals surface area (Å²) in [6.07, 6.45) is -3.03. The standard InChI is InChI=1S/C12H9BrF3N3O2/c13-10-3-2-8(5-9(10)12(14,15)16)19-6-7(17-18-19)1-4-11(20)21/h2-3,5-6H,1,4H2,(H,20,21). The van der Waals surface area contributed by atoms with Crippen LogP contribution < -0.4 is 0 Å². The molecule has 1 heterocycles. The smallest absolute Gasteiger partial charge is 0.417 e. The summed E-state index contributed by atoms with van der Waals surface area (Å²) in [4.78, 5) is 10.5. The number of carboxylic acids is 1. The molecular weight excluding hydrogens is 355 g/mol. The van der Waals surface area contributed by atoms with Gasteiger partial charge >= 0.3 is 12.1 Å². The summed E-state index contributed by atoms with van der Waals surface area (Å²) < 4.78 is 39.6. The Morgan fingerprint density at radius 1 is 1.38 bits per heavy atom. The van der Waals surface area contributed by atoms with Gasteiger partial charge in [0.25, 0.3) is 0 Å². The van der Waals surface area contributed by atoms with Gasteiger partial charge in [-0.1, -0.05) is 21.1 Å². The number of aliphatic carboxylic acids is 1. The third-order valence-electron chi connectivity index (χ3n) is 2.66. The van der Waals surface area contributed by atoms with E-state index < -0.39 is 17.7 Å². The van der Waals surface area contributed by atoms with Crippen LogP contribution in [0.2, 0.25) is 0 Å². The second kappa shape index (κ2) is 5.84. The van der Waals surface area contributed by atoms with Crippen molar-refractivity contribution < 1.29 is 23.1 Å². The largest absolute Gasteiger partial charge is 0.481 e. The van der Waals surface area contributed by atoms with E-state index in [0.717, 1.165) is 6.07 Å². The van der Waals surface area contributed by atoms with Crippen molar-refractivity contribution in [1.82, 2.24) is 15.0 Å². The lowest BCUT2D eigenvalue weighted by molar-refractivity contribution is -0.138. The van der Waals surface area contributed by atoms with Gasteiger partial charge in [-0.15, -0.1) is 5.10 Å². The van der Waals surface area contributed by atoms with E-state index in [1.165, 1.54) is 23.0 Å². The predicted molar refractivity (Wildman–Crippen MR) is 70.0 cm³/mol. The van der Waals surface area contributed by atoms with Crippen LogP contribution in [0.4, 0.5) is 13.2 Å². The molecule has 1 aromatic heterocycles. The molecule has 0 bridgehead atoms. The van der Waals surface area contributed by atoms with Crippen LogP contribution in [-0.2, 0) is 17.4 Å². The zero-order valence-corrected chi connectivity index (χ0v) is 12.0. The molecule has 0 amide bonds. The number of carbonyl (C=O) groups is 1. The van der Waals surface area contributed by atoms with Crippen molar-refractivity contribution in [1.29, 1.82) is 0 Å². The Morgan fingerprint density at radius 2 is 2.10 bits per heavy atom. The monoisotopic (exact) mass is 363 g/mol. The molecule has 5 nitrogen and oxygen atoms in total. The number of hydrogen-bond donors (Lipinski definition) is 1. The Bertz CT molecular complexity index is 670. The Balaban J connectivity index is 2.28. The molecule has 0 spiro atoms. The van der Waals surface area contributed by atoms with E-state index in [1.807, 2.05) is 0 Å². The molecule has 1 aromatic carbocycles. The van der Waals surface area contributed by atoms with Crippen molar-refractivity contribution in [3.63, 3.8) is 0 Å². The van der Waals surface area contributed by atoms with E-state index in [1.54, 1.807) is 0 Å². The van der Waals surface area contributed by atoms with E-state index >= 15 is 0 Å². The molecule has 1 N–H and O–H groups in total. The van der Waals surface area contributed by atoms with Gasteiger partial charge in [0.15, 0.2) is 0 Å². The summed E-state index contributed by atoms with van der Waals surface area (Å²) in [5, 5.41) is 16.0. The fourth-order valence-corrected chi connectivity index (χ4v) is 2.12. The van der Waals surface area contributed by atoms with Crippen LogP contribution in [0, 0.1) is 0 Å². The number of nitrogens with zero attached hydrogens (tertiary/aromatic N) is 3. The van der Waals surface area contributed by atoms with Crippen LogP contribution in [0.5, 0.6) is 0 Å². The van der Waals surface area contributed by atoms with Crippen LogP contribution >= 0.6 is 15.9 Å². The van der Waals surface area contributed by atoms with Crippen LogP contribution in [0.15, 0.2) is 28.9 Å². The number of alkyl halides is 3. The lowest BCUT2D eigenvalue weighted by Gasteiger charge is -2.10. The molecule has 2 rings (SSSR count). The van der Waals surface area contributed by atoms with Crippen molar-refractivity contribution in [2.24, 2.45) is 0 Å². The molecule has 2 aromatic rings. The minimum absolute atomic E-state index is 0.0648. The van der Waals surface area contributed by atoms with Gasteiger partial charge in [-0.3, -0.25) is 4.79 Å². The Kier molecular flexibility index (Phi) is 4.31. The summed E-state index contributed by atoms with van der Waals surface area (Å²) in [6, 6.07) is 3.67. The van der Waals surface area contributed by atoms with Crippen molar-refractivity contribution in [3.05, 3.63) is 40.1 Å². The minimum atomic E-state index is -4.48. The maximum absolute atomic E-state index is 12.8. The molecule has 0 aliphatic heterocycles. The number of aryl methyl sites for hydroxylation is 1. The lowest BCUT2D eigenvalue weighted by atomic mass is 10.2. The van der Waals surface area contributed by atoms with Crippen LogP contribution in [-0.4, -0.2) is 26.1 Å². The Hall–Kier alpha value is -1.90. The third-order valence-corrected chi connectivity index (χ3v) is 3.35. The highest BCUT2D eigenvalue weighted by molar-refractivity contribution is 9.10. The van der Waals surface area contributed by atoms with Crippen LogP contribution in [0.3, 0.4) is 0 Å². The van der Waals surface area contributed by atoms with E-state index in [2.05, 4.69) is 26.2 Å². The second-order valence-corrected chi connectivity index (χ2v) is 5.06. The predicted octanol–water partition coefficient (Wildman–Crippen LogP) is 3.07. The van der Waals surface area contributed by atoms with Gasteiger partial charge in [-0.2, -0.15) is 13.2 Å². The van der Waals surface area contributed by atoms with Crippen LogP contribution in [0.25, 0.3) is 5.69 Å². The summed E-state index contributed by atoms with van der Waals surface area (Å²) in [5.41, 5.74) is -0.226. The second-order valence-electron chi connectivity index (χ2n) is 4.21. The summed E-state index contributed by atoms with van der Waals surface area (Å²) in [7, 11) is 0. The first-order chi connectivity index (χ1) is 9.77. The first kappa shape index (κ1) is 15.5. The van der Waals surface area contributed by atoms with Crippen LogP contribution in [0.1, 0.15) is 17.7 Å². The molecule has 0 fully saturated rings. The van der Waals surface area contributed by atoms with E-state index in [9.17, 15) is 18.0 Å². The van der Waals surface area contributed by atoms with Crippen molar-refractivity contribution in [3.8, 4) is 5.69 Å². The number of carboxylic acid groups (broad SMARTS) is 1. The van der Waals surface area contributed by atoms with E-state index in [4.69, 9.17) is 5.11 Å². The Morgan fingerprint density at radius 3 is 2.71 bits per heavy atom. The molecule has 0 atom stereocenters. The molecule has 0 radical (unpaired) electrons. The molecule has 0 saturated heterocycles. The highest BCUT2D eigenvalue weighted by atomic mass is 79.9. The fraction of sp³-hybridized carbons (Fsp3) is 0.250. The highest BCUT2D eigenvalue weighted by Crippen LogP contribution is 2.35. The highest BCUT2D eigenvalue weighted by Gasteiger charge is 2.33. The average molecular weight is 364 g/mol. The topological polar surface area (TPSA) is 68.0 Å². The molecule has 0 aliphatic carbocycles. The van der Waals surface area contributed by atoms with Gasteiger partial charge in [-0.25, -0.2) is 4.68 Å². The van der Waals surface area contributed by atoms with Crippen molar-refractivity contribution in [2.45, 2.75) is 19.0 Å². The Labute approximate surface area is 125 Å². The number of benzene rings is 1. The molecule has 0 unspecified atom stereocenters. The fourth-order valence-electron chi connectivity index (χ4n) is 1.65. The van der Waals surface area contributed by atoms with E-state index in [0.29, 0.717) is 5.69 Å². The maximum atomic E-state index is 12.8. The zero-order valence-electron chi connectivity index (χ0n) is 10.4. The lowest BCUT2D eigenvalue weighted by Crippen LogP contribution is -2.07. The molecule has 21 heavy (non-hydrogen) atoms. The third kappa shape index (κ3) is 3.81. The molecule has 9 heteroatoms. The summed E-state index contributed by atoms with van der Waals surface area (Å²) >= 11 is 2.85. The zero-order chi connectivity index (χ0) is 15.6. The van der Waals surface area contributed by atoms with Gasteiger partial charge < -0.3 is 5.11 Å². The first-order valence-corrected chi connectivity index (χ1v) is 6.57. The normalized spacial score (nSPS) is 11.6. The van der Waals surface area contributed by atoms with Crippen molar-refractivity contribution >= 4 is 21.9 Å². The number of halogens is 4.